The maximum atomic E-state index is 4.78. The zero-order chi connectivity index (χ0) is 16.7. The van der Waals surface area contributed by atoms with E-state index in [1.165, 1.54) is 11.1 Å². The number of imidazole rings is 1. The lowest BCUT2D eigenvalue weighted by Gasteiger charge is -2.15. The van der Waals surface area contributed by atoms with Gasteiger partial charge in [0.1, 0.15) is 5.82 Å². The van der Waals surface area contributed by atoms with Crippen molar-refractivity contribution in [2.75, 3.05) is 5.32 Å². The van der Waals surface area contributed by atoms with Crippen LogP contribution >= 0.6 is 0 Å². The fraction of sp³-hybridized carbons (Fsp3) is 0.368. The highest BCUT2D eigenvalue weighted by Gasteiger charge is 2.19. The minimum atomic E-state index is 0.322. The fourth-order valence-corrected chi connectivity index (χ4v) is 3.04. The molecule has 0 aliphatic rings. The average molecular weight is 308 g/mol. The van der Waals surface area contributed by atoms with E-state index in [9.17, 15) is 0 Å². The summed E-state index contributed by atoms with van der Waals surface area (Å²) < 4.78 is 2.12. The Balaban J connectivity index is 2.25. The number of nitrogens with one attached hydrogen (secondary N) is 1. The molecule has 0 amide bonds. The maximum Gasteiger partial charge on any atom is 0.236 e. The lowest BCUT2D eigenvalue weighted by atomic mass is 10.1. The predicted molar refractivity (Wildman–Crippen MR) is 95.7 cm³/mol. The molecule has 0 spiro atoms. The van der Waals surface area contributed by atoms with Crippen molar-refractivity contribution in [3.05, 3.63) is 52.5 Å². The van der Waals surface area contributed by atoms with Crippen molar-refractivity contribution in [2.45, 2.75) is 47.5 Å². The Morgan fingerprint density at radius 3 is 2.26 bits per heavy atom. The standard InChI is InChI=1S/C19H24N4/c1-11(2)16-18(21-17-12(3)8-7-9-13(17)4)23-15(6)10-14(5)20-19(23)22-16/h7-11,21H,1-6H3. The van der Waals surface area contributed by atoms with Crippen LogP contribution < -0.4 is 5.32 Å². The van der Waals surface area contributed by atoms with Crippen molar-refractivity contribution in [3.63, 3.8) is 0 Å². The number of rotatable bonds is 3. The normalized spacial score (nSPS) is 11.4. The molecular weight excluding hydrogens is 284 g/mol. The molecule has 0 aliphatic heterocycles. The van der Waals surface area contributed by atoms with Crippen LogP contribution in [0.25, 0.3) is 5.78 Å². The van der Waals surface area contributed by atoms with Crippen LogP contribution in [-0.2, 0) is 0 Å². The van der Waals surface area contributed by atoms with Crippen LogP contribution in [0.5, 0.6) is 0 Å². The zero-order valence-corrected chi connectivity index (χ0v) is 14.7. The van der Waals surface area contributed by atoms with Gasteiger partial charge in [0.2, 0.25) is 5.78 Å². The SMILES string of the molecule is Cc1cc(C)n2c(Nc3c(C)cccc3C)c(C(C)C)nc2n1. The molecule has 1 N–H and O–H groups in total. The van der Waals surface area contributed by atoms with Crippen molar-refractivity contribution in [3.8, 4) is 0 Å². The topological polar surface area (TPSA) is 42.2 Å². The number of aromatic nitrogens is 3. The lowest BCUT2D eigenvalue weighted by molar-refractivity contribution is 0.836. The Morgan fingerprint density at radius 1 is 1.00 bits per heavy atom. The Bertz CT molecular complexity index is 854. The monoisotopic (exact) mass is 308 g/mol. The van der Waals surface area contributed by atoms with Crippen molar-refractivity contribution in [1.29, 1.82) is 0 Å². The molecule has 0 saturated carbocycles. The quantitative estimate of drug-likeness (QED) is 0.753. The van der Waals surface area contributed by atoms with Gasteiger partial charge < -0.3 is 5.32 Å². The fourth-order valence-electron chi connectivity index (χ4n) is 3.04. The summed E-state index contributed by atoms with van der Waals surface area (Å²) in [6.07, 6.45) is 0. The van der Waals surface area contributed by atoms with Crippen LogP contribution in [0.4, 0.5) is 11.5 Å². The second kappa shape index (κ2) is 5.69. The van der Waals surface area contributed by atoms with Gasteiger partial charge in [0.05, 0.1) is 5.69 Å². The third-order valence-corrected chi connectivity index (χ3v) is 4.20. The Morgan fingerprint density at radius 2 is 1.65 bits per heavy atom. The molecule has 0 bridgehead atoms. The van der Waals surface area contributed by atoms with Gasteiger partial charge in [-0.3, -0.25) is 4.40 Å². The van der Waals surface area contributed by atoms with Gasteiger partial charge in [-0.1, -0.05) is 32.0 Å². The number of benzene rings is 1. The molecule has 4 nitrogen and oxygen atoms in total. The highest BCUT2D eigenvalue weighted by atomic mass is 15.2. The highest BCUT2D eigenvalue weighted by Crippen LogP contribution is 2.31. The van der Waals surface area contributed by atoms with Crippen LogP contribution in [0.1, 0.15) is 48.0 Å². The molecule has 0 unspecified atom stereocenters. The predicted octanol–water partition coefficient (Wildman–Crippen LogP) is 4.83. The lowest BCUT2D eigenvalue weighted by Crippen LogP contribution is -2.05. The number of anilines is 2. The van der Waals surface area contributed by atoms with Gasteiger partial charge in [-0.25, -0.2) is 9.97 Å². The Hall–Kier alpha value is -2.36. The molecule has 0 radical (unpaired) electrons. The molecule has 3 aromatic rings. The van der Waals surface area contributed by atoms with Crippen LogP contribution in [0.3, 0.4) is 0 Å². The van der Waals surface area contributed by atoms with Crippen LogP contribution in [0.15, 0.2) is 24.3 Å². The van der Waals surface area contributed by atoms with E-state index in [0.717, 1.165) is 34.4 Å². The molecule has 0 atom stereocenters. The molecule has 2 heterocycles. The van der Waals surface area contributed by atoms with E-state index in [-0.39, 0.29) is 0 Å². The van der Waals surface area contributed by atoms with Crippen molar-refractivity contribution in [1.82, 2.24) is 14.4 Å². The smallest absolute Gasteiger partial charge is 0.236 e. The molecule has 3 rings (SSSR count). The van der Waals surface area contributed by atoms with Gasteiger partial charge in [0.25, 0.3) is 0 Å². The Labute approximate surface area is 137 Å². The number of aryl methyl sites for hydroxylation is 4. The van der Waals surface area contributed by atoms with Crippen molar-refractivity contribution < 1.29 is 0 Å². The molecular formula is C19H24N4. The van der Waals surface area contributed by atoms with Crippen molar-refractivity contribution >= 4 is 17.3 Å². The largest absolute Gasteiger partial charge is 0.339 e. The van der Waals surface area contributed by atoms with Gasteiger partial charge in [-0.05, 0) is 50.8 Å². The molecule has 2 aromatic heterocycles. The first-order chi connectivity index (χ1) is 10.9. The average Bonchev–Trinajstić information content (AvgIpc) is 2.81. The van der Waals surface area contributed by atoms with Crippen LogP contribution in [0, 0.1) is 27.7 Å². The van der Waals surface area contributed by atoms with Gasteiger partial charge >= 0.3 is 0 Å². The molecule has 23 heavy (non-hydrogen) atoms. The van der Waals surface area contributed by atoms with Gasteiger partial charge in [0.15, 0.2) is 0 Å². The number of fused-ring (bicyclic) bond motifs is 1. The zero-order valence-electron chi connectivity index (χ0n) is 14.7. The molecule has 120 valence electrons. The molecule has 0 fully saturated rings. The first-order valence-corrected chi connectivity index (χ1v) is 8.08. The first kappa shape index (κ1) is 15.5. The minimum absolute atomic E-state index is 0.322. The van der Waals surface area contributed by atoms with Crippen LogP contribution in [0.2, 0.25) is 0 Å². The molecule has 0 saturated heterocycles. The number of para-hydroxylation sites is 1. The summed E-state index contributed by atoms with van der Waals surface area (Å²) in [4.78, 5) is 9.38. The third kappa shape index (κ3) is 2.69. The molecule has 0 aliphatic carbocycles. The second-order valence-electron chi connectivity index (χ2n) is 6.57. The maximum absolute atomic E-state index is 4.78. The number of nitrogens with zero attached hydrogens (tertiary/aromatic N) is 3. The Kier molecular flexibility index (Phi) is 3.84. The van der Waals surface area contributed by atoms with Gasteiger partial charge in [-0.15, -0.1) is 0 Å². The number of hydrogen-bond acceptors (Lipinski definition) is 3. The number of hydrogen-bond donors (Lipinski definition) is 1. The van der Waals surface area contributed by atoms with Crippen molar-refractivity contribution in [2.24, 2.45) is 0 Å². The summed E-state index contributed by atoms with van der Waals surface area (Å²) in [6.45, 7) is 12.7. The van der Waals surface area contributed by atoms with E-state index in [4.69, 9.17) is 4.98 Å². The summed E-state index contributed by atoms with van der Waals surface area (Å²) in [5, 5.41) is 3.63. The summed E-state index contributed by atoms with van der Waals surface area (Å²) in [5.74, 6) is 2.11. The van der Waals surface area contributed by atoms with E-state index < -0.39 is 0 Å². The third-order valence-electron chi connectivity index (χ3n) is 4.20. The summed E-state index contributed by atoms with van der Waals surface area (Å²) in [7, 11) is 0. The van der Waals surface area contributed by atoms with Gasteiger partial charge in [0, 0.05) is 17.1 Å². The first-order valence-electron chi connectivity index (χ1n) is 8.08. The summed E-state index contributed by atoms with van der Waals surface area (Å²) in [5.41, 5.74) is 6.79. The highest BCUT2D eigenvalue weighted by molar-refractivity contribution is 5.68. The van der Waals surface area contributed by atoms with Gasteiger partial charge in [-0.2, -0.15) is 0 Å². The van der Waals surface area contributed by atoms with E-state index in [2.05, 4.69) is 73.6 Å². The molecule has 1 aromatic carbocycles. The summed E-state index contributed by atoms with van der Waals surface area (Å²) >= 11 is 0. The minimum Gasteiger partial charge on any atom is -0.339 e. The van der Waals surface area contributed by atoms with E-state index in [1.54, 1.807) is 0 Å². The van der Waals surface area contributed by atoms with E-state index >= 15 is 0 Å². The van der Waals surface area contributed by atoms with E-state index in [1.807, 2.05) is 6.92 Å². The van der Waals surface area contributed by atoms with E-state index in [0.29, 0.717) is 5.92 Å². The second-order valence-corrected chi connectivity index (χ2v) is 6.57. The van der Waals surface area contributed by atoms with Crippen LogP contribution in [-0.4, -0.2) is 14.4 Å². The summed E-state index contributed by atoms with van der Waals surface area (Å²) in [6, 6.07) is 8.43. The molecule has 4 heteroatoms.